The van der Waals surface area contributed by atoms with Gasteiger partial charge in [-0.1, -0.05) is 30.3 Å². The predicted molar refractivity (Wildman–Crippen MR) is 91.6 cm³/mol. The van der Waals surface area contributed by atoms with Crippen LogP contribution in [-0.2, 0) is 11.2 Å². The Bertz CT molecular complexity index is 695. The lowest BCUT2D eigenvalue weighted by Gasteiger charge is -2.17. The molecule has 23 heavy (non-hydrogen) atoms. The Morgan fingerprint density at radius 2 is 1.91 bits per heavy atom. The molecule has 0 fully saturated rings. The molecular weight excluding hydrogens is 360 g/mol. The predicted octanol–water partition coefficient (Wildman–Crippen LogP) is 3.26. The van der Waals surface area contributed by atoms with E-state index in [9.17, 15) is 14.7 Å². The van der Waals surface area contributed by atoms with Gasteiger partial charge in [0, 0.05) is 23.1 Å². The van der Waals surface area contributed by atoms with Crippen LogP contribution < -0.4 is 5.32 Å². The van der Waals surface area contributed by atoms with E-state index < -0.39 is 17.9 Å². The molecule has 0 radical (unpaired) electrons. The van der Waals surface area contributed by atoms with Crippen LogP contribution in [0.15, 0.2) is 47.1 Å². The van der Waals surface area contributed by atoms with Crippen molar-refractivity contribution < 1.29 is 14.7 Å². The Morgan fingerprint density at radius 1 is 1.26 bits per heavy atom. The number of aliphatic carboxylic acids is 1. The van der Waals surface area contributed by atoms with Crippen molar-refractivity contribution in [3.63, 3.8) is 0 Å². The van der Waals surface area contributed by atoms with Crippen LogP contribution in [0.4, 0.5) is 0 Å². The minimum absolute atomic E-state index is 0.0967. The molecule has 122 valence electrons. The summed E-state index contributed by atoms with van der Waals surface area (Å²) in [4.78, 5) is 23.9. The summed E-state index contributed by atoms with van der Waals surface area (Å²) in [6.07, 6.45) is 2.05. The molecule has 0 aliphatic heterocycles. The van der Waals surface area contributed by atoms with Crippen molar-refractivity contribution in [1.82, 2.24) is 9.88 Å². The lowest BCUT2D eigenvalue weighted by atomic mass is 10.1. The van der Waals surface area contributed by atoms with Gasteiger partial charge in [-0.3, -0.25) is 4.79 Å². The van der Waals surface area contributed by atoms with Crippen molar-refractivity contribution in [2.45, 2.75) is 32.4 Å². The van der Waals surface area contributed by atoms with E-state index in [2.05, 4.69) is 21.2 Å². The van der Waals surface area contributed by atoms with Gasteiger partial charge in [0.2, 0.25) is 0 Å². The first kappa shape index (κ1) is 17.3. The summed E-state index contributed by atoms with van der Waals surface area (Å²) in [6.45, 7) is 3.92. The first-order chi connectivity index (χ1) is 10.9. The Balaban J connectivity index is 2.17. The van der Waals surface area contributed by atoms with Crippen LogP contribution in [0, 0.1) is 0 Å². The number of aromatic nitrogens is 1. The van der Waals surface area contributed by atoms with Crippen molar-refractivity contribution in [3.05, 3.63) is 58.3 Å². The van der Waals surface area contributed by atoms with Gasteiger partial charge in [-0.15, -0.1) is 0 Å². The summed E-state index contributed by atoms with van der Waals surface area (Å²) in [5, 5.41) is 12.0. The van der Waals surface area contributed by atoms with E-state index in [4.69, 9.17) is 0 Å². The van der Waals surface area contributed by atoms with Crippen molar-refractivity contribution in [3.8, 4) is 0 Å². The molecule has 5 nitrogen and oxygen atoms in total. The number of rotatable bonds is 6. The second-order valence-electron chi connectivity index (χ2n) is 5.60. The zero-order chi connectivity index (χ0) is 17.0. The van der Waals surface area contributed by atoms with Gasteiger partial charge >= 0.3 is 5.97 Å². The van der Waals surface area contributed by atoms with Gasteiger partial charge in [0.15, 0.2) is 0 Å². The van der Waals surface area contributed by atoms with Crippen LogP contribution in [0.1, 0.15) is 35.9 Å². The van der Waals surface area contributed by atoms with Gasteiger partial charge in [0.25, 0.3) is 5.91 Å². The van der Waals surface area contributed by atoms with Crippen LogP contribution in [0.3, 0.4) is 0 Å². The number of hydrogen-bond donors (Lipinski definition) is 2. The molecule has 2 rings (SSSR count). The van der Waals surface area contributed by atoms with E-state index in [1.807, 2.05) is 50.4 Å². The highest BCUT2D eigenvalue weighted by Gasteiger charge is 2.23. The number of halogens is 1. The second kappa shape index (κ2) is 7.46. The van der Waals surface area contributed by atoms with E-state index in [0.29, 0.717) is 5.69 Å². The summed E-state index contributed by atoms with van der Waals surface area (Å²) in [6, 6.07) is 10.1. The van der Waals surface area contributed by atoms with Crippen LogP contribution in [0.2, 0.25) is 0 Å². The average molecular weight is 379 g/mol. The maximum atomic E-state index is 12.5. The summed E-state index contributed by atoms with van der Waals surface area (Å²) in [7, 11) is 0. The number of nitrogens with zero attached hydrogens (tertiary/aromatic N) is 1. The number of carbonyl (C=O) groups excluding carboxylic acids is 1. The topological polar surface area (TPSA) is 71.3 Å². The number of amides is 1. The molecular formula is C17H19BrN2O3. The normalized spacial score (nSPS) is 12.2. The SMILES string of the molecule is CC(C)n1cc(Br)cc1C(=O)N[C@@H](Cc1ccccc1)C(=O)O. The lowest BCUT2D eigenvalue weighted by molar-refractivity contribution is -0.139. The van der Waals surface area contributed by atoms with Gasteiger partial charge in [-0.2, -0.15) is 0 Å². The molecule has 2 aromatic rings. The zero-order valence-electron chi connectivity index (χ0n) is 13.0. The number of hydrogen-bond acceptors (Lipinski definition) is 2. The van der Waals surface area contributed by atoms with Gasteiger partial charge in [-0.05, 0) is 41.4 Å². The Labute approximate surface area is 143 Å². The fourth-order valence-corrected chi connectivity index (χ4v) is 2.77. The Morgan fingerprint density at radius 3 is 2.48 bits per heavy atom. The van der Waals surface area contributed by atoms with Gasteiger partial charge < -0.3 is 15.0 Å². The van der Waals surface area contributed by atoms with Gasteiger partial charge in [0.1, 0.15) is 11.7 Å². The van der Waals surface area contributed by atoms with Crippen molar-refractivity contribution >= 4 is 27.8 Å². The molecule has 0 aliphatic rings. The van der Waals surface area contributed by atoms with Gasteiger partial charge in [-0.25, -0.2) is 4.79 Å². The van der Waals surface area contributed by atoms with Gasteiger partial charge in [0.05, 0.1) is 0 Å². The average Bonchev–Trinajstić information content (AvgIpc) is 2.90. The van der Waals surface area contributed by atoms with E-state index >= 15 is 0 Å². The minimum Gasteiger partial charge on any atom is -0.480 e. The third-order valence-corrected chi connectivity index (χ3v) is 3.92. The molecule has 1 aromatic carbocycles. The molecule has 0 spiro atoms. The first-order valence-electron chi connectivity index (χ1n) is 7.33. The molecule has 0 bridgehead atoms. The second-order valence-corrected chi connectivity index (χ2v) is 6.51. The van der Waals surface area contributed by atoms with E-state index in [0.717, 1.165) is 10.0 Å². The standard InChI is InChI=1S/C17H19BrN2O3/c1-11(2)20-10-13(18)9-15(20)16(21)19-14(17(22)23)8-12-6-4-3-5-7-12/h3-7,9-11,14H,8H2,1-2H3,(H,19,21)(H,22,23)/t14-/m0/s1. The van der Waals surface area contributed by atoms with E-state index in [-0.39, 0.29) is 12.5 Å². The monoisotopic (exact) mass is 378 g/mol. The molecule has 0 aliphatic carbocycles. The molecule has 0 saturated heterocycles. The summed E-state index contributed by atoms with van der Waals surface area (Å²) in [5.74, 6) is -1.45. The highest BCUT2D eigenvalue weighted by molar-refractivity contribution is 9.10. The minimum atomic E-state index is -1.05. The molecule has 0 saturated carbocycles. The number of carboxylic acid groups (broad SMARTS) is 1. The highest BCUT2D eigenvalue weighted by Crippen LogP contribution is 2.19. The summed E-state index contributed by atoms with van der Waals surface area (Å²) < 4.78 is 2.59. The molecule has 2 N–H and O–H groups in total. The molecule has 0 unspecified atom stereocenters. The largest absolute Gasteiger partial charge is 0.480 e. The van der Waals surface area contributed by atoms with Crippen molar-refractivity contribution in [2.75, 3.05) is 0 Å². The maximum Gasteiger partial charge on any atom is 0.326 e. The highest BCUT2D eigenvalue weighted by atomic mass is 79.9. The van der Waals surface area contributed by atoms with E-state index in [1.54, 1.807) is 10.6 Å². The number of benzene rings is 1. The third-order valence-electron chi connectivity index (χ3n) is 3.49. The fourth-order valence-electron chi connectivity index (χ4n) is 2.34. The summed E-state index contributed by atoms with van der Waals surface area (Å²) in [5.41, 5.74) is 1.30. The number of carboxylic acids is 1. The number of carbonyl (C=O) groups is 2. The third kappa shape index (κ3) is 4.45. The summed E-state index contributed by atoms with van der Waals surface area (Å²) >= 11 is 3.35. The molecule has 1 heterocycles. The van der Waals surface area contributed by atoms with Crippen LogP contribution >= 0.6 is 15.9 Å². The van der Waals surface area contributed by atoms with E-state index in [1.165, 1.54) is 0 Å². The van der Waals surface area contributed by atoms with Crippen LogP contribution in [0.5, 0.6) is 0 Å². The Hall–Kier alpha value is -2.08. The van der Waals surface area contributed by atoms with Crippen LogP contribution in [-0.4, -0.2) is 27.6 Å². The van der Waals surface area contributed by atoms with Crippen molar-refractivity contribution in [1.29, 1.82) is 0 Å². The maximum absolute atomic E-state index is 12.5. The lowest BCUT2D eigenvalue weighted by Crippen LogP contribution is -2.43. The number of nitrogens with one attached hydrogen (secondary N) is 1. The smallest absolute Gasteiger partial charge is 0.326 e. The molecule has 1 amide bonds. The molecule has 6 heteroatoms. The van der Waals surface area contributed by atoms with Crippen LogP contribution in [0.25, 0.3) is 0 Å². The molecule has 1 aromatic heterocycles. The molecule has 1 atom stereocenters. The quantitative estimate of drug-likeness (QED) is 0.810. The Kier molecular flexibility index (Phi) is 5.60. The fraction of sp³-hybridized carbons (Fsp3) is 0.294. The first-order valence-corrected chi connectivity index (χ1v) is 8.12. The zero-order valence-corrected chi connectivity index (χ0v) is 14.6. The van der Waals surface area contributed by atoms with Crippen molar-refractivity contribution in [2.24, 2.45) is 0 Å².